The zero-order chi connectivity index (χ0) is 47.4. The van der Waals surface area contributed by atoms with E-state index in [-0.39, 0.29) is 12.8 Å². The van der Waals surface area contributed by atoms with E-state index >= 15 is 0 Å². The Bertz CT molecular complexity index is 1560. The molecule has 0 bridgehead atoms. The molecule has 4 atom stereocenters. The van der Waals surface area contributed by atoms with Crippen LogP contribution in [0.1, 0.15) is 136 Å². The van der Waals surface area contributed by atoms with Crippen LogP contribution in [0.3, 0.4) is 0 Å². The maximum Gasteiger partial charge on any atom is 0.472 e. The summed E-state index contributed by atoms with van der Waals surface area (Å²) in [5.41, 5.74) is 0. The Hall–Kier alpha value is -3.26. The number of aliphatic hydroxyl groups is 2. The zero-order valence-corrected chi connectivity index (χ0v) is 40.0. The first-order valence-electron chi connectivity index (χ1n) is 22.7. The normalized spacial score (nSPS) is 15.4. The van der Waals surface area contributed by atoms with Gasteiger partial charge in [0.15, 0.2) is 6.10 Å². The topological polar surface area (TPSA) is 216 Å². The van der Waals surface area contributed by atoms with E-state index in [0.717, 1.165) is 32.1 Å². The molecule has 0 saturated heterocycles. The van der Waals surface area contributed by atoms with Crippen LogP contribution >= 0.6 is 15.6 Å². The summed E-state index contributed by atoms with van der Waals surface area (Å²) in [5.74, 6) is -1.24. The molecule has 0 spiro atoms. The third-order valence-corrected chi connectivity index (χ3v) is 10.2. The van der Waals surface area contributed by atoms with Crippen LogP contribution in [0.2, 0.25) is 0 Å². The van der Waals surface area contributed by atoms with E-state index in [9.17, 15) is 33.8 Å². The number of carbonyl (C=O) groups excluding carboxylic acids is 2. The number of carbonyl (C=O) groups is 2. The van der Waals surface area contributed by atoms with Crippen molar-refractivity contribution < 1.29 is 66.7 Å². The van der Waals surface area contributed by atoms with Crippen LogP contribution in [0.5, 0.6) is 0 Å². The predicted molar refractivity (Wildman–Crippen MR) is 254 cm³/mol. The van der Waals surface area contributed by atoms with Crippen molar-refractivity contribution in [3.05, 3.63) is 109 Å². The Morgan fingerprint density at radius 2 is 1.00 bits per heavy atom. The molecule has 364 valence electrons. The van der Waals surface area contributed by atoms with Gasteiger partial charge < -0.3 is 34.4 Å². The average molecular weight is 941 g/mol. The molecule has 0 aromatic heterocycles. The molecule has 5 N–H and O–H groups in total. The lowest BCUT2D eigenvalue weighted by atomic mass is 10.1. The molecular formula is C48H78O14P2. The number of esters is 2. The highest BCUT2D eigenvalue weighted by molar-refractivity contribution is 7.47. The molecule has 14 nitrogen and oxygen atoms in total. The summed E-state index contributed by atoms with van der Waals surface area (Å²) in [4.78, 5) is 52.7. The monoisotopic (exact) mass is 940 g/mol. The Kier molecular flexibility index (Phi) is 40.2. The van der Waals surface area contributed by atoms with Crippen molar-refractivity contribution in [1.29, 1.82) is 0 Å². The number of unbranched alkanes of at least 4 members (excludes halogenated alkanes) is 7. The second-order valence-corrected chi connectivity index (χ2v) is 17.5. The third-order valence-electron chi connectivity index (χ3n) is 8.72. The largest absolute Gasteiger partial charge is 0.472 e. The van der Waals surface area contributed by atoms with Gasteiger partial charge in [0, 0.05) is 12.8 Å². The average Bonchev–Trinajstić information content (AvgIpc) is 3.25. The summed E-state index contributed by atoms with van der Waals surface area (Å²) >= 11 is 0. The van der Waals surface area contributed by atoms with Gasteiger partial charge in [-0.15, -0.1) is 0 Å². The summed E-state index contributed by atoms with van der Waals surface area (Å²) in [6.07, 6.45) is 48.4. The molecule has 64 heavy (non-hydrogen) atoms. The molecule has 0 aromatic rings. The summed E-state index contributed by atoms with van der Waals surface area (Å²) in [7, 11) is -9.75. The minimum atomic E-state index is -4.89. The number of phosphoric acid groups is 2. The second-order valence-electron chi connectivity index (χ2n) is 14.8. The van der Waals surface area contributed by atoms with E-state index in [2.05, 4.69) is 71.5 Å². The quantitative estimate of drug-likeness (QED) is 0.0127. The van der Waals surface area contributed by atoms with Crippen molar-refractivity contribution in [2.75, 3.05) is 26.4 Å². The van der Waals surface area contributed by atoms with E-state index in [0.29, 0.717) is 38.5 Å². The first-order chi connectivity index (χ1) is 30.8. The molecule has 0 aliphatic heterocycles. The Labute approximate surface area is 383 Å². The summed E-state index contributed by atoms with van der Waals surface area (Å²) < 4.78 is 47.6. The van der Waals surface area contributed by atoms with Crippen LogP contribution in [0.4, 0.5) is 0 Å². The van der Waals surface area contributed by atoms with Crippen LogP contribution in [0.15, 0.2) is 109 Å². The van der Waals surface area contributed by atoms with Crippen molar-refractivity contribution in [2.45, 2.75) is 154 Å². The Morgan fingerprint density at radius 3 is 1.56 bits per heavy atom. The van der Waals surface area contributed by atoms with E-state index in [1.165, 1.54) is 38.5 Å². The fourth-order valence-electron chi connectivity index (χ4n) is 5.23. The molecule has 16 heteroatoms. The number of aliphatic hydroxyl groups excluding tert-OH is 2. The summed E-state index contributed by atoms with van der Waals surface area (Å²) in [6, 6.07) is 0. The fourth-order valence-corrected chi connectivity index (χ4v) is 6.38. The Balaban J connectivity index is 4.79. The highest BCUT2D eigenvalue weighted by atomic mass is 31.2. The number of ether oxygens (including phenoxy) is 2. The van der Waals surface area contributed by atoms with Crippen LogP contribution in [0, 0.1) is 0 Å². The van der Waals surface area contributed by atoms with Crippen molar-refractivity contribution in [2.24, 2.45) is 0 Å². The first kappa shape index (κ1) is 60.7. The molecule has 0 heterocycles. The van der Waals surface area contributed by atoms with Crippen LogP contribution in [-0.4, -0.2) is 81.6 Å². The lowest BCUT2D eigenvalue weighted by Gasteiger charge is -2.20. The maximum atomic E-state index is 12.6. The molecule has 0 rings (SSSR count). The van der Waals surface area contributed by atoms with Crippen LogP contribution in [0.25, 0.3) is 0 Å². The van der Waals surface area contributed by atoms with Crippen molar-refractivity contribution in [3.63, 3.8) is 0 Å². The predicted octanol–water partition coefficient (Wildman–Crippen LogP) is 10.9. The van der Waals surface area contributed by atoms with E-state index < -0.39 is 72.3 Å². The number of hydrogen-bond acceptors (Lipinski definition) is 11. The second kappa shape index (κ2) is 42.4. The smallest absolute Gasteiger partial charge is 0.462 e. The SMILES string of the molecule is CCCCC/C=C\C/C=C\C/C=C\C/C=C\C/C=C\CCC(=O)O[C@H](COC(=O)CCC/C=C\C/C=C\C=C\[C@H](O)C/C=C\CCCCC)COP(=O)(O)OC[C@@H](O)COP(=O)(O)O. The summed E-state index contributed by atoms with van der Waals surface area (Å²) in [6.45, 7) is 1.45. The maximum absolute atomic E-state index is 12.6. The number of rotatable bonds is 41. The molecule has 0 aliphatic carbocycles. The lowest BCUT2D eigenvalue weighted by Crippen LogP contribution is -2.29. The third kappa shape index (κ3) is 45.3. The molecule has 1 unspecified atom stereocenters. The van der Waals surface area contributed by atoms with Crippen LogP contribution in [-0.2, 0) is 41.8 Å². The number of allylic oxidation sites excluding steroid dienone is 16. The molecule has 0 saturated carbocycles. The zero-order valence-electron chi connectivity index (χ0n) is 38.2. The van der Waals surface area contributed by atoms with Gasteiger partial charge in [0.05, 0.1) is 25.9 Å². The van der Waals surface area contributed by atoms with Crippen molar-refractivity contribution in [1.82, 2.24) is 0 Å². The van der Waals surface area contributed by atoms with Gasteiger partial charge in [-0.2, -0.15) is 0 Å². The lowest BCUT2D eigenvalue weighted by molar-refractivity contribution is -0.161. The van der Waals surface area contributed by atoms with Gasteiger partial charge in [-0.25, -0.2) is 9.13 Å². The highest BCUT2D eigenvalue weighted by Gasteiger charge is 2.28. The minimum Gasteiger partial charge on any atom is -0.462 e. The van der Waals surface area contributed by atoms with Gasteiger partial charge >= 0.3 is 27.6 Å². The molecule has 0 aliphatic rings. The van der Waals surface area contributed by atoms with Gasteiger partial charge in [-0.05, 0) is 83.5 Å². The Morgan fingerprint density at radius 1 is 0.516 bits per heavy atom. The van der Waals surface area contributed by atoms with Crippen molar-refractivity contribution in [3.8, 4) is 0 Å². The highest BCUT2D eigenvalue weighted by Crippen LogP contribution is 2.43. The van der Waals surface area contributed by atoms with Gasteiger partial charge in [0.25, 0.3) is 0 Å². The molecule has 0 radical (unpaired) electrons. The first-order valence-corrected chi connectivity index (χ1v) is 25.7. The molecule has 0 amide bonds. The fraction of sp³-hybridized carbons (Fsp3) is 0.583. The van der Waals surface area contributed by atoms with Crippen molar-refractivity contribution >= 4 is 27.6 Å². The molecular weight excluding hydrogens is 862 g/mol. The summed E-state index contributed by atoms with van der Waals surface area (Å²) in [5, 5.41) is 19.8. The number of hydrogen-bond donors (Lipinski definition) is 5. The van der Waals surface area contributed by atoms with E-state index in [1.807, 2.05) is 54.7 Å². The standard InChI is InChI=1S/C48H78O14P2/c1-3-5-7-9-11-12-13-14-15-16-17-18-19-20-21-22-27-31-35-39-48(52)62-46(43-61-64(56,57)60-41-45(50)40-59-63(53,54)55)42-58-47(51)38-34-30-26-24-23-25-29-33-37-44(49)36-32-28-10-8-6-4-2/h11-12,14-15,17-18,20-21,24-29,31-33,37,44-46,49-50H,3-10,13,16,19,22-23,30,34-36,38-43H2,1-2H3,(H,56,57)(H2,53,54,55)/b12-11-,15-14-,18-17-,21-20-,26-24-,29-25-,31-27-,32-28-,37-33+/t44-,45+,46-/m1/s1. The van der Waals surface area contributed by atoms with Gasteiger partial charge in [-0.3, -0.25) is 23.2 Å². The number of phosphoric ester groups is 2. The van der Waals surface area contributed by atoms with E-state index in [1.54, 1.807) is 6.08 Å². The van der Waals surface area contributed by atoms with Gasteiger partial charge in [-0.1, -0.05) is 149 Å². The molecule has 0 fully saturated rings. The van der Waals surface area contributed by atoms with Gasteiger partial charge in [0.1, 0.15) is 12.7 Å². The molecule has 0 aromatic carbocycles. The van der Waals surface area contributed by atoms with E-state index in [4.69, 9.17) is 23.8 Å². The van der Waals surface area contributed by atoms with Crippen LogP contribution < -0.4 is 0 Å². The minimum absolute atomic E-state index is 0.0226. The van der Waals surface area contributed by atoms with Gasteiger partial charge in [0.2, 0.25) is 0 Å².